The first kappa shape index (κ1) is 13.0. The number of hydrogen-bond donors (Lipinski definition) is 1. The molecule has 0 fully saturated rings. The lowest BCUT2D eigenvalue weighted by Crippen LogP contribution is -2.19. The zero-order chi connectivity index (χ0) is 12.8. The number of carbonyl (C=O) groups excluding carboxylic acids is 2. The van der Waals surface area contributed by atoms with Gasteiger partial charge in [0, 0.05) is 18.1 Å². The van der Waals surface area contributed by atoms with Crippen molar-refractivity contribution in [2.45, 2.75) is 20.8 Å². The molecule has 0 heterocycles. The highest BCUT2D eigenvalue weighted by Crippen LogP contribution is 2.10. The third kappa shape index (κ3) is 4.12. The molecule has 0 atom stereocenters. The quantitative estimate of drug-likeness (QED) is 0.619. The second-order valence-electron chi connectivity index (χ2n) is 3.80. The molecule has 1 aromatic carbocycles. The van der Waals surface area contributed by atoms with Gasteiger partial charge in [-0.05, 0) is 37.6 Å². The second kappa shape index (κ2) is 5.86. The Balaban J connectivity index is 2.77. The summed E-state index contributed by atoms with van der Waals surface area (Å²) >= 11 is 0. The van der Waals surface area contributed by atoms with E-state index in [4.69, 9.17) is 0 Å². The molecule has 0 aliphatic carbocycles. The molecule has 0 unspecified atom stereocenters. The predicted octanol–water partition coefficient (Wildman–Crippen LogP) is 1.69. The molecule has 0 spiro atoms. The Morgan fingerprint density at radius 1 is 1.29 bits per heavy atom. The average Bonchev–Trinajstić information content (AvgIpc) is 2.23. The van der Waals surface area contributed by atoms with Crippen molar-refractivity contribution < 1.29 is 9.59 Å². The summed E-state index contributed by atoms with van der Waals surface area (Å²) in [5.74, 6) is 5.73. The first-order valence-electron chi connectivity index (χ1n) is 5.35. The molecule has 3 heteroatoms. The minimum Gasteiger partial charge on any atom is -0.345 e. The van der Waals surface area contributed by atoms with E-state index in [9.17, 15) is 9.59 Å². The first-order valence-corrected chi connectivity index (χ1v) is 5.35. The van der Waals surface area contributed by atoms with E-state index in [0.29, 0.717) is 6.54 Å². The van der Waals surface area contributed by atoms with Crippen LogP contribution in [0.25, 0.3) is 0 Å². The Bertz CT molecular complexity index is 507. The van der Waals surface area contributed by atoms with Gasteiger partial charge in [0.15, 0.2) is 5.78 Å². The van der Waals surface area contributed by atoms with Gasteiger partial charge in [-0.2, -0.15) is 0 Å². The van der Waals surface area contributed by atoms with Crippen LogP contribution in [0, 0.1) is 18.8 Å². The van der Waals surface area contributed by atoms with Gasteiger partial charge in [-0.1, -0.05) is 11.8 Å². The molecule has 0 bridgehead atoms. The normalized spacial score (nSPS) is 9.12. The maximum absolute atomic E-state index is 11.2. The molecule has 0 saturated heterocycles. The molecule has 1 N–H and O–H groups in total. The molecule has 0 aliphatic rings. The van der Waals surface area contributed by atoms with Crippen molar-refractivity contribution in [3.8, 4) is 11.8 Å². The van der Waals surface area contributed by atoms with Gasteiger partial charge in [0.25, 0.3) is 0 Å². The van der Waals surface area contributed by atoms with Gasteiger partial charge >= 0.3 is 0 Å². The van der Waals surface area contributed by atoms with E-state index in [2.05, 4.69) is 17.2 Å². The molecular weight excluding hydrogens is 214 g/mol. The molecule has 0 aromatic heterocycles. The molecule has 0 saturated carbocycles. The molecule has 0 radical (unpaired) electrons. The number of hydrogen-bond acceptors (Lipinski definition) is 2. The van der Waals surface area contributed by atoms with E-state index < -0.39 is 0 Å². The summed E-state index contributed by atoms with van der Waals surface area (Å²) in [5.41, 5.74) is 2.49. The van der Waals surface area contributed by atoms with E-state index >= 15 is 0 Å². The Kier molecular flexibility index (Phi) is 4.47. The van der Waals surface area contributed by atoms with Crippen LogP contribution in [0.5, 0.6) is 0 Å². The minimum atomic E-state index is -0.0950. The van der Waals surface area contributed by atoms with Crippen molar-refractivity contribution in [3.05, 3.63) is 34.9 Å². The van der Waals surface area contributed by atoms with Crippen molar-refractivity contribution in [2.24, 2.45) is 0 Å². The lowest BCUT2D eigenvalue weighted by Gasteiger charge is -2.01. The largest absolute Gasteiger partial charge is 0.345 e. The maximum atomic E-state index is 11.2. The summed E-state index contributed by atoms with van der Waals surface area (Å²) in [6.07, 6.45) is 0. The lowest BCUT2D eigenvalue weighted by molar-refractivity contribution is -0.118. The van der Waals surface area contributed by atoms with Gasteiger partial charge in [0.05, 0.1) is 6.54 Å². The standard InChI is InChI=1S/C14H15NO2/c1-10-9-13(5-4-8-15-12(3)17)6-7-14(10)11(2)16/h6-7,9H,8H2,1-3H3,(H,15,17). The predicted molar refractivity (Wildman–Crippen MR) is 66.7 cm³/mol. The molecule has 1 amide bonds. The van der Waals surface area contributed by atoms with Crippen LogP contribution in [0.2, 0.25) is 0 Å². The molecule has 17 heavy (non-hydrogen) atoms. The monoisotopic (exact) mass is 229 g/mol. The van der Waals surface area contributed by atoms with E-state index in [-0.39, 0.29) is 11.7 Å². The number of ketones is 1. The summed E-state index contributed by atoms with van der Waals surface area (Å²) < 4.78 is 0. The number of rotatable bonds is 2. The fraction of sp³-hybridized carbons (Fsp3) is 0.286. The minimum absolute atomic E-state index is 0.0558. The van der Waals surface area contributed by atoms with E-state index in [1.807, 2.05) is 19.1 Å². The average molecular weight is 229 g/mol. The topological polar surface area (TPSA) is 46.2 Å². The van der Waals surface area contributed by atoms with Gasteiger partial charge in [0.2, 0.25) is 5.91 Å². The number of benzene rings is 1. The van der Waals surface area contributed by atoms with Gasteiger partial charge < -0.3 is 5.32 Å². The summed E-state index contributed by atoms with van der Waals surface area (Å²) in [6.45, 7) is 5.22. The van der Waals surface area contributed by atoms with Gasteiger partial charge in [0.1, 0.15) is 0 Å². The van der Waals surface area contributed by atoms with Gasteiger partial charge in [-0.25, -0.2) is 0 Å². The van der Waals surface area contributed by atoms with Crippen LogP contribution < -0.4 is 5.32 Å². The Morgan fingerprint density at radius 2 is 2.00 bits per heavy atom. The highest BCUT2D eigenvalue weighted by atomic mass is 16.1. The maximum Gasteiger partial charge on any atom is 0.217 e. The van der Waals surface area contributed by atoms with Crippen molar-refractivity contribution in [1.82, 2.24) is 5.32 Å². The molecule has 1 aromatic rings. The fourth-order valence-corrected chi connectivity index (χ4v) is 1.45. The zero-order valence-electron chi connectivity index (χ0n) is 10.3. The smallest absolute Gasteiger partial charge is 0.217 e. The van der Waals surface area contributed by atoms with Crippen molar-refractivity contribution in [3.63, 3.8) is 0 Å². The van der Waals surface area contributed by atoms with Crippen molar-refractivity contribution in [2.75, 3.05) is 6.54 Å². The number of amides is 1. The van der Waals surface area contributed by atoms with Crippen LogP contribution in [0.3, 0.4) is 0 Å². The second-order valence-corrected chi connectivity index (χ2v) is 3.80. The van der Waals surface area contributed by atoms with E-state index in [1.54, 1.807) is 13.0 Å². The molecule has 1 rings (SSSR count). The van der Waals surface area contributed by atoms with Gasteiger partial charge in [-0.3, -0.25) is 9.59 Å². The Hall–Kier alpha value is -2.08. The van der Waals surface area contributed by atoms with Crippen LogP contribution in [0.1, 0.15) is 35.3 Å². The SMILES string of the molecule is CC(=O)NCC#Cc1ccc(C(C)=O)c(C)c1. The molecule has 3 nitrogen and oxygen atoms in total. The van der Waals surface area contributed by atoms with Crippen LogP contribution in [-0.2, 0) is 4.79 Å². The fourth-order valence-electron chi connectivity index (χ4n) is 1.45. The Labute approximate surface area is 101 Å². The Morgan fingerprint density at radius 3 is 2.53 bits per heavy atom. The highest BCUT2D eigenvalue weighted by molar-refractivity contribution is 5.95. The van der Waals surface area contributed by atoms with Crippen LogP contribution in [0.4, 0.5) is 0 Å². The summed E-state index contributed by atoms with van der Waals surface area (Å²) in [6, 6.07) is 5.46. The summed E-state index contributed by atoms with van der Waals surface area (Å²) in [7, 11) is 0. The van der Waals surface area contributed by atoms with E-state index in [0.717, 1.165) is 16.7 Å². The number of aryl methyl sites for hydroxylation is 1. The van der Waals surface area contributed by atoms with Crippen LogP contribution >= 0.6 is 0 Å². The van der Waals surface area contributed by atoms with E-state index in [1.165, 1.54) is 6.92 Å². The third-order valence-corrected chi connectivity index (χ3v) is 2.26. The third-order valence-electron chi connectivity index (χ3n) is 2.26. The molecule has 0 aliphatic heterocycles. The zero-order valence-corrected chi connectivity index (χ0v) is 10.3. The van der Waals surface area contributed by atoms with Crippen molar-refractivity contribution >= 4 is 11.7 Å². The first-order chi connectivity index (χ1) is 8.00. The van der Waals surface area contributed by atoms with Crippen molar-refractivity contribution in [1.29, 1.82) is 0 Å². The molecule has 88 valence electrons. The number of Topliss-reactive ketones (excluding diaryl/α,β-unsaturated/α-hetero) is 1. The van der Waals surface area contributed by atoms with Crippen LogP contribution in [-0.4, -0.2) is 18.2 Å². The van der Waals surface area contributed by atoms with Crippen LogP contribution in [0.15, 0.2) is 18.2 Å². The number of carbonyl (C=O) groups is 2. The number of nitrogens with one attached hydrogen (secondary N) is 1. The summed E-state index contributed by atoms with van der Waals surface area (Å²) in [4.78, 5) is 21.8. The summed E-state index contributed by atoms with van der Waals surface area (Å²) in [5, 5.41) is 2.59. The highest BCUT2D eigenvalue weighted by Gasteiger charge is 2.02. The molecular formula is C14H15NO2. The lowest BCUT2D eigenvalue weighted by atomic mass is 10.0. The van der Waals surface area contributed by atoms with Gasteiger partial charge in [-0.15, -0.1) is 0 Å².